The van der Waals surface area contributed by atoms with Crippen LogP contribution in [-0.2, 0) is 4.74 Å². The van der Waals surface area contributed by atoms with Gasteiger partial charge in [-0.3, -0.25) is 9.80 Å². The molecule has 3 aromatic carbocycles. The van der Waals surface area contributed by atoms with Crippen molar-refractivity contribution in [3.05, 3.63) is 108 Å². The standard InChI is InChI=1S/C29H32N2O3/c32-27(25-11-12-28-26(21-25)13-19-34-28)22-33-20-18-30-14-16-31(17-15-30)29(23-7-3-1-4-8-23)24-9-5-2-6-10-24/h1-13,19,21,27,29,32H,14-18,20,22H2. The lowest BCUT2D eigenvalue weighted by Crippen LogP contribution is -2.48. The van der Waals surface area contributed by atoms with Crippen LogP contribution in [-0.4, -0.2) is 60.8 Å². The Kier molecular flexibility index (Phi) is 7.37. The highest BCUT2D eigenvalue weighted by Gasteiger charge is 2.26. The lowest BCUT2D eigenvalue weighted by Gasteiger charge is -2.39. The third-order valence-corrected chi connectivity index (χ3v) is 6.69. The SMILES string of the molecule is OC(COCCN1CCN(C(c2ccccc2)c2ccccc2)CC1)c1ccc2occc2c1. The summed E-state index contributed by atoms with van der Waals surface area (Å²) in [6.07, 6.45) is 1.03. The first-order chi connectivity index (χ1) is 16.8. The molecule has 1 fully saturated rings. The average Bonchev–Trinajstić information content (AvgIpc) is 3.37. The summed E-state index contributed by atoms with van der Waals surface area (Å²) in [6.45, 7) is 5.85. The maximum Gasteiger partial charge on any atom is 0.133 e. The molecule has 4 aromatic rings. The van der Waals surface area contributed by atoms with Crippen molar-refractivity contribution in [2.75, 3.05) is 45.9 Å². The predicted molar refractivity (Wildman–Crippen MR) is 135 cm³/mol. The summed E-state index contributed by atoms with van der Waals surface area (Å²) in [5, 5.41) is 11.5. The summed E-state index contributed by atoms with van der Waals surface area (Å²) in [6, 6.07) is 29.5. The van der Waals surface area contributed by atoms with Crippen LogP contribution in [0.3, 0.4) is 0 Å². The number of furan rings is 1. The molecule has 5 rings (SSSR count). The molecule has 1 N–H and O–H groups in total. The molecule has 1 aromatic heterocycles. The van der Waals surface area contributed by atoms with Crippen LogP contribution in [0.5, 0.6) is 0 Å². The zero-order valence-electron chi connectivity index (χ0n) is 19.4. The number of hydrogen-bond donors (Lipinski definition) is 1. The molecule has 0 radical (unpaired) electrons. The van der Waals surface area contributed by atoms with Gasteiger partial charge in [-0.05, 0) is 34.9 Å². The van der Waals surface area contributed by atoms with Crippen LogP contribution in [0, 0.1) is 0 Å². The zero-order chi connectivity index (χ0) is 23.2. The normalized spacial score (nSPS) is 16.3. The lowest BCUT2D eigenvalue weighted by atomic mass is 9.96. The number of piperazine rings is 1. The molecule has 1 aliphatic heterocycles. The van der Waals surface area contributed by atoms with Crippen LogP contribution in [0.2, 0.25) is 0 Å². The van der Waals surface area contributed by atoms with Gasteiger partial charge in [0.05, 0.1) is 25.5 Å². The summed E-state index contributed by atoms with van der Waals surface area (Å²) >= 11 is 0. The molecule has 1 aliphatic rings. The Morgan fingerprint density at radius 2 is 1.47 bits per heavy atom. The van der Waals surface area contributed by atoms with Gasteiger partial charge in [-0.1, -0.05) is 66.7 Å². The van der Waals surface area contributed by atoms with Crippen LogP contribution in [0.25, 0.3) is 11.0 Å². The molecule has 1 unspecified atom stereocenters. The molecule has 34 heavy (non-hydrogen) atoms. The van der Waals surface area contributed by atoms with Crippen molar-refractivity contribution >= 4 is 11.0 Å². The Morgan fingerprint density at radius 3 is 2.15 bits per heavy atom. The van der Waals surface area contributed by atoms with Gasteiger partial charge in [0.2, 0.25) is 0 Å². The van der Waals surface area contributed by atoms with E-state index in [0.717, 1.165) is 49.3 Å². The van der Waals surface area contributed by atoms with Crippen molar-refractivity contribution in [2.45, 2.75) is 12.1 Å². The molecule has 5 heteroatoms. The van der Waals surface area contributed by atoms with Crippen LogP contribution in [0.1, 0.15) is 28.8 Å². The van der Waals surface area contributed by atoms with E-state index >= 15 is 0 Å². The molecular formula is C29H32N2O3. The van der Waals surface area contributed by atoms with Crippen molar-refractivity contribution in [3.63, 3.8) is 0 Å². The summed E-state index contributed by atoms with van der Waals surface area (Å²) in [5.74, 6) is 0. The van der Waals surface area contributed by atoms with E-state index in [4.69, 9.17) is 9.15 Å². The number of nitrogens with zero attached hydrogens (tertiary/aromatic N) is 2. The van der Waals surface area contributed by atoms with E-state index < -0.39 is 6.10 Å². The average molecular weight is 457 g/mol. The summed E-state index contributed by atoms with van der Waals surface area (Å²) in [7, 11) is 0. The fourth-order valence-corrected chi connectivity index (χ4v) is 4.81. The Labute approximate surface area is 201 Å². The Bertz CT molecular complexity index is 1110. The quantitative estimate of drug-likeness (QED) is 0.364. The van der Waals surface area contributed by atoms with Crippen molar-refractivity contribution in [1.29, 1.82) is 0 Å². The lowest BCUT2D eigenvalue weighted by molar-refractivity contribution is 0.0183. The highest BCUT2D eigenvalue weighted by atomic mass is 16.5. The number of fused-ring (bicyclic) bond motifs is 1. The van der Waals surface area contributed by atoms with E-state index in [1.54, 1.807) is 6.26 Å². The maximum atomic E-state index is 10.5. The summed E-state index contributed by atoms with van der Waals surface area (Å²) < 4.78 is 11.2. The van der Waals surface area contributed by atoms with Crippen molar-refractivity contribution in [3.8, 4) is 0 Å². The maximum absolute atomic E-state index is 10.5. The fraction of sp³-hybridized carbons (Fsp3) is 0.310. The van der Waals surface area contributed by atoms with Gasteiger partial charge in [0.25, 0.3) is 0 Å². The fourth-order valence-electron chi connectivity index (χ4n) is 4.81. The van der Waals surface area contributed by atoms with E-state index in [2.05, 4.69) is 70.5 Å². The van der Waals surface area contributed by atoms with Gasteiger partial charge >= 0.3 is 0 Å². The molecule has 0 saturated carbocycles. The monoisotopic (exact) mass is 456 g/mol. The molecule has 0 aliphatic carbocycles. The molecule has 0 spiro atoms. The number of benzene rings is 3. The van der Waals surface area contributed by atoms with Gasteiger partial charge in [-0.15, -0.1) is 0 Å². The van der Waals surface area contributed by atoms with E-state index in [9.17, 15) is 5.11 Å². The topological polar surface area (TPSA) is 49.1 Å². The van der Waals surface area contributed by atoms with Crippen LogP contribution < -0.4 is 0 Å². The molecule has 1 saturated heterocycles. The van der Waals surface area contributed by atoms with Gasteiger partial charge in [0.15, 0.2) is 0 Å². The minimum Gasteiger partial charge on any atom is -0.464 e. The van der Waals surface area contributed by atoms with E-state index in [1.807, 2.05) is 24.3 Å². The largest absolute Gasteiger partial charge is 0.464 e. The minimum absolute atomic E-state index is 0.281. The first-order valence-electron chi connectivity index (χ1n) is 12.1. The second-order valence-corrected chi connectivity index (χ2v) is 8.91. The molecular weight excluding hydrogens is 424 g/mol. The molecule has 0 bridgehead atoms. The Hall–Kier alpha value is -2.96. The van der Waals surface area contributed by atoms with Crippen LogP contribution in [0.4, 0.5) is 0 Å². The molecule has 0 amide bonds. The van der Waals surface area contributed by atoms with Gasteiger partial charge in [0, 0.05) is 38.1 Å². The Balaban J connectivity index is 1.10. The summed E-state index contributed by atoms with van der Waals surface area (Å²) in [4.78, 5) is 5.03. The molecule has 1 atom stereocenters. The second-order valence-electron chi connectivity index (χ2n) is 8.91. The number of ether oxygens (including phenoxy) is 1. The van der Waals surface area contributed by atoms with E-state index in [-0.39, 0.29) is 6.04 Å². The minimum atomic E-state index is -0.631. The third-order valence-electron chi connectivity index (χ3n) is 6.69. The van der Waals surface area contributed by atoms with Crippen molar-refractivity contribution < 1.29 is 14.3 Å². The number of rotatable bonds is 9. The number of aliphatic hydroxyl groups is 1. The van der Waals surface area contributed by atoms with Crippen molar-refractivity contribution in [2.24, 2.45) is 0 Å². The number of hydrogen-bond acceptors (Lipinski definition) is 5. The van der Waals surface area contributed by atoms with Crippen LogP contribution >= 0.6 is 0 Å². The molecule has 2 heterocycles. The molecule has 176 valence electrons. The van der Waals surface area contributed by atoms with Gasteiger partial charge in [-0.25, -0.2) is 0 Å². The highest BCUT2D eigenvalue weighted by molar-refractivity contribution is 5.77. The van der Waals surface area contributed by atoms with Gasteiger partial charge < -0.3 is 14.3 Å². The number of aliphatic hydroxyl groups excluding tert-OH is 1. The highest BCUT2D eigenvalue weighted by Crippen LogP contribution is 2.29. The second kappa shape index (κ2) is 11.0. The van der Waals surface area contributed by atoms with E-state index in [0.29, 0.717) is 13.2 Å². The summed E-state index contributed by atoms with van der Waals surface area (Å²) in [5.41, 5.74) is 4.37. The van der Waals surface area contributed by atoms with Gasteiger partial charge in [-0.2, -0.15) is 0 Å². The molecule has 5 nitrogen and oxygen atoms in total. The van der Waals surface area contributed by atoms with E-state index in [1.165, 1.54) is 11.1 Å². The first-order valence-corrected chi connectivity index (χ1v) is 12.1. The predicted octanol–water partition coefficient (Wildman–Crippen LogP) is 4.89. The van der Waals surface area contributed by atoms with Crippen LogP contribution in [0.15, 0.2) is 95.6 Å². The first kappa shape index (κ1) is 22.8. The third kappa shape index (κ3) is 5.40. The smallest absolute Gasteiger partial charge is 0.133 e. The van der Waals surface area contributed by atoms with Crippen molar-refractivity contribution in [1.82, 2.24) is 9.80 Å². The zero-order valence-corrected chi connectivity index (χ0v) is 19.4. The van der Waals surface area contributed by atoms with Gasteiger partial charge in [0.1, 0.15) is 11.7 Å². The Morgan fingerprint density at radius 1 is 0.794 bits per heavy atom.